The van der Waals surface area contributed by atoms with E-state index in [9.17, 15) is 0 Å². The number of aromatic amines is 1. The van der Waals surface area contributed by atoms with E-state index >= 15 is 0 Å². The van der Waals surface area contributed by atoms with Crippen molar-refractivity contribution in [3.05, 3.63) is 83.7 Å². The Labute approximate surface area is 195 Å². The molecule has 2 aliphatic heterocycles. The van der Waals surface area contributed by atoms with Crippen LogP contribution in [0.25, 0.3) is 27.0 Å². The lowest BCUT2D eigenvalue weighted by Crippen LogP contribution is -2.27. The van der Waals surface area contributed by atoms with Crippen LogP contribution in [0.5, 0.6) is 0 Å². The fourth-order valence-electron chi connectivity index (χ4n) is 4.21. The molecule has 0 atom stereocenters. The second kappa shape index (κ2) is 8.13. The van der Waals surface area contributed by atoms with E-state index in [2.05, 4.69) is 26.8 Å². The molecule has 4 heterocycles. The van der Waals surface area contributed by atoms with Crippen molar-refractivity contribution in [2.24, 2.45) is 0 Å². The third kappa shape index (κ3) is 3.34. The minimum absolute atomic E-state index is 0.601. The van der Waals surface area contributed by atoms with Crippen LogP contribution in [0.2, 0.25) is 0 Å². The van der Waals surface area contributed by atoms with Gasteiger partial charge < -0.3 is 14.5 Å². The molecule has 7 nitrogen and oxygen atoms in total. The zero-order valence-corrected chi connectivity index (χ0v) is 19.2. The highest BCUT2D eigenvalue weighted by atomic mass is 32.2. The molecule has 2 aromatic carbocycles. The number of aromatic nitrogens is 4. The summed E-state index contributed by atoms with van der Waals surface area (Å²) in [5, 5.41) is 0. The van der Waals surface area contributed by atoms with Gasteiger partial charge in [0.05, 0.1) is 39.3 Å². The number of nitrogens with one attached hydrogen (secondary N) is 1. The Hall–Kier alpha value is -3.49. The predicted molar refractivity (Wildman–Crippen MR) is 132 cm³/mol. The average molecular weight is 458 g/mol. The number of benzene rings is 2. The van der Waals surface area contributed by atoms with E-state index < -0.39 is 0 Å². The number of H-pyrrole nitrogens is 1. The highest BCUT2D eigenvalue weighted by Gasteiger charge is 2.34. The molecular weight excluding hydrogens is 434 g/mol. The first-order valence-electron chi connectivity index (χ1n) is 10.9. The zero-order chi connectivity index (χ0) is 22.4. The highest BCUT2D eigenvalue weighted by molar-refractivity contribution is 8.07. The van der Waals surface area contributed by atoms with Gasteiger partial charge in [-0.1, -0.05) is 24.3 Å². The van der Waals surface area contributed by atoms with E-state index in [1.807, 2.05) is 54.7 Å². The standard InChI is InChI=1S/C25H23N5O2S/c1-16-21(32-15-7-14-31-2)12-13-29-22(16)23(24-26-17-8-3-4-9-18(17)27-24)33-30-20-11-6-5-10-19(20)28-25(29)30/h3-6,8-13H,7,14-15H2,1-2H3,(H,26,27). The zero-order valence-electron chi connectivity index (χ0n) is 18.4. The fourth-order valence-corrected chi connectivity index (χ4v) is 5.38. The third-order valence-corrected chi connectivity index (χ3v) is 6.92. The van der Waals surface area contributed by atoms with Gasteiger partial charge in [-0.15, -0.1) is 0 Å². The van der Waals surface area contributed by atoms with Crippen LogP contribution in [0.3, 0.4) is 0 Å². The van der Waals surface area contributed by atoms with E-state index in [4.69, 9.17) is 19.4 Å². The number of hydrogen-bond acceptors (Lipinski definition) is 6. The van der Waals surface area contributed by atoms with Gasteiger partial charge in [-0.05, 0) is 37.3 Å². The van der Waals surface area contributed by atoms with Crippen molar-refractivity contribution in [3.63, 3.8) is 0 Å². The molecule has 8 heteroatoms. The molecule has 0 fully saturated rings. The molecule has 6 rings (SSSR count). The van der Waals surface area contributed by atoms with Crippen molar-refractivity contribution in [2.45, 2.75) is 13.3 Å². The van der Waals surface area contributed by atoms with Crippen molar-refractivity contribution in [2.75, 3.05) is 25.2 Å². The largest absolute Gasteiger partial charge is 0.493 e. The Morgan fingerprint density at radius 2 is 1.82 bits per heavy atom. The van der Waals surface area contributed by atoms with Crippen LogP contribution in [0.4, 0.5) is 5.95 Å². The van der Waals surface area contributed by atoms with E-state index in [1.54, 1.807) is 19.1 Å². The van der Waals surface area contributed by atoms with Gasteiger partial charge in [0.1, 0.15) is 11.6 Å². The van der Waals surface area contributed by atoms with Gasteiger partial charge in [0.25, 0.3) is 0 Å². The minimum Gasteiger partial charge on any atom is -0.493 e. The van der Waals surface area contributed by atoms with Gasteiger partial charge in [-0.25, -0.2) is 13.9 Å². The molecule has 4 aromatic rings. The Morgan fingerprint density at radius 1 is 1.00 bits per heavy atom. The molecule has 0 saturated carbocycles. The van der Waals surface area contributed by atoms with E-state index in [1.165, 1.54) is 0 Å². The van der Waals surface area contributed by atoms with Gasteiger partial charge in [-0.3, -0.25) is 4.90 Å². The molecule has 0 saturated heterocycles. The topological polar surface area (TPSA) is 68.2 Å². The normalized spacial score (nSPS) is 15.5. The fraction of sp³-hybridized carbons (Fsp3) is 0.200. The first kappa shape index (κ1) is 20.1. The molecular formula is C25H23N5O2S. The maximum absolute atomic E-state index is 6.12. The number of ether oxygens (including phenoxy) is 2. The van der Waals surface area contributed by atoms with E-state index in [0.29, 0.717) is 13.2 Å². The Morgan fingerprint density at radius 3 is 2.67 bits per heavy atom. The van der Waals surface area contributed by atoms with Gasteiger partial charge in [0, 0.05) is 43.9 Å². The van der Waals surface area contributed by atoms with Crippen LogP contribution in [0.1, 0.15) is 19.2 Å². The Kier molecular flexibility index (Phi) is 4.96. The molecule has 0 unspecified atom stereocenters. The molecule has 0 spiro atoms. The number of imidazole rings is 2. The van der Waals surface area contributed by atoms with Crippen LogP contribution < -0.4 is 4.90 Å². The van der Waals surface area contributed by atoms with Crippen LogP contribution in [-0.2, 0) is 9.47 Å². The summed E-state index contributed by atoms with van der Waals surface area (Å²) in [6.07, 6.45) is 4.89. The molecule has 2 aliphatic rings. The first-order chi connectivity index (χ1) is 16.2. The second-order valence-electron chi connectivity index (χ2n) is 7.94. The maximum atomic E-state index is 6.12. The predicted octanol–water partition coefficient (Wildman–Crippen LogP) is 5.45. The lowest BCUT2D eigenvalue weighted by Gasteiger charge is -2.33. The number of allylic oxidation sites excluding steroid dienone is 2. The Bertz CT molecular complexity index is 1430. The Balaban J connectivity index is 1.51. The lowest BCUT2D eigenvalue weighted by molar-refractivity contribution is 0.148. The summed E-state index contributed by atoms with van der Waals surface area (Å²) in [7, 11) is 1.71. The van der Waals surface area contributed by atoms with Crippen molar-refractivity contribution in [1.82, 2.24) is 18.9 Å². The molecule has 0 amide bonds. The van der Waals surface area contributed by atoms with Crippen LogP contribution >= 0.6 is 11.9 Å². The lowest BCUT2D eigenvalue weighted by atomic mass is 10.1. The van der Waals surface area contributed by atoms with E-state index in [0.717, 1.165) is 62.2 Å². The highest BCUT2D eigenvalue weighted by Crippen LogP contribution is 2.47. The average Bonchev–Trinajstić information content (AvgIpc) is 3.44. The van der Waals surface area contributed by atoms with Crippen molar-refractivity contribution >= 4 is 44.9 Å². The molecule has 2 aromatic heterocycles. The number of anilines is 1. The smallest absolute Gasteiger partial charge is 0.226 e. The first-order valence-corrected chi connectivity index (χ1v) is 11.7. The van der Waals surface area contributed by atoms with Gasteiger partial charge in [0.15, 0.2) is 0 Å². The second-order valence-corrected chi connectivity index (χ2v) is 8.89. The van der Waals surface area contributed by atoms with Crippen LogP contribution in [0, 0.1) is 0 Å². The third-order valence-electron chi connectivity index (χ3n) is 5.81. The number of hydrogen-bond donors (Lipinski definition) is 1. The van der Waals surface area contributed by atoms with Crippen molar-refractivity contribution < 1.29 is 9.47 Å². The van der Waals surface area contributed by atoms with Gasteiger partial charge >= 0.3 is 0 Å². The summed E-state index contributed by atoms with van der Waals surface area (Å²) in [5.74, 6) is 2.55. The number of fused-ring (bicyclic) bond motifs is 6. The van der Waals surface area contributed by atoms with Crippen molar-refractivity contribution in [3.8, 4) is 0 Å². The number of methoxy groups -OCH3 is 1. The number of rotatable bonds is 6. The summed E-state index contributed by atoms with van der Waals surface area (Å²) >= 11 is 1.64. The number of nitrogens with zero attached hydrogens (tertiary/aromatic N) is 4. The van der Waals surface area contributed by atoms with Gasteiger partial charge in [-0.2, -0.15) is 0 Å². The molecule has 0 bridgehead atoms. The monoisotopic (exact) mass is 457 g/mol. The molecule has 1 N–H and O–H groups in total. The molecule has 0 aliphatic carbocycles. The SMILES string of the molecule is COCCCOC1=C(C)C2=C(c3nc4ccccc4[nH]3)Sn3c(nc4ccccc43)N2C=C1. The minimum atomic E-state index is 0.601. The molecule has 33 heavy (non-hydrogen) atoms. The number of para-hydroxylation sites is 4. The maximum Gasteiger partial charge on any atom is 0.226 e. The van der Waals surface area contributed by atoms with Crippen LogP contribution in [0.15, 0.2) is 77.8 Å². The molecule has 0 radical (unpaired) electrons. The van der Waals surface area contributed by atoms with Crippen LogP contribution in [-0.4, -0.2) is 39.2 Å². The van der Waals surface area contributed by atoms with Crippen molar-refractivity contribution in [1.29, 1.82) is 0 Å². The summed E-state index contributed by atoms with van der Waals surface area (Å²) < 4.78 is 13.4. The summed E-state index contributed by atoms with van der Waals surface area (Å²) in [6, 6.07) is 16.3. The summed E-state index contributed by atoms with van der Waals surface area (Å²) in [5.41, 5.74) is 6.07. The summed E-state index contributed by atoms with van der Waals surface area (Å²) in [6.45, 7) is 3.37. The molecule has 166 valence electrons. The summed E-state index contributed by atoms with van der Waals surface area (Å²) in [4.78, 5) is 16.5. The van der Waals surface area contributed by atoms with E-state index in [-0.39, 0.29) is 0 Å². The van der Waals surface area contributed by atoms with Gasteiger partial charge in [0.2, 0.25) is 5.95 Å². The quantitative estimate of drug-likeness (QED) is 0.388.